The van der Waals surface area contributed by atoms with Gasteiger partial charge in [-0.2, -0.15) is 0 Å². The van der Waals surface area contributed by atoms with Crippen LogP contribution in [-0.4, -0.2) is 27.0 Å². The summed E-state index contributed by atoms with van der Waals surface area (Å²) < 4.78 is 0. The molecule has 0 unspecified atom stereocenters. The summed E-state index contributed by atoms with van der Waals surface area (Å²) in [5, 5.41) is 14.5. The van der Waals surface area contributed by atoms with E-state index in [1.54, 1.807) is 35.7 Å². The maximum Gasteiger partial charge on any atom is 0.339 e. The molecule has 6 nitrogen and oxygen atoms in total. The molecule has 0 spiro atoms. The Morgan fingerprint density at radius 3 is 2.42 bits per heavy atom. The number of amides is 1. The van der Waals surface area contributed by atoms with Crippen LogP contribution in [0.1, 0.15) is 21.0 Å². The number of carboxylic acid groups (broad SMARTS) is 1. The van der Waals surface area contributed by atoms with Crippen LogP contribution >= 0.6 is 22.9 Å². The highest BCUT2D eigenvalue weighted by Crippen LogP contribution is 2.36. The van der Waals surface area contributed by atoms with Gasteiger partial charge in [0.2, 0.25) is 5.82 Å². The molecule has 0 fully saturated rings. The number of anilines is 1. The third-order valence-corrected chi connectivity index (χ3v) is 4.30. The number of carbonyl (C=O) groups excluding carboxylic acids is 1. The van der Waals surface area contributed by atoms with Crippen LogP contribution in [0.25, 0.3) is 11.1 Å². The van der Waals surface area contributed by atoms with Crippen molar-refractivity contribution >= 4 is 39.8 Å². The first-order valence-electron chi connectivity index (χ1n) is 6.75. The zero-order valence-electron chi connectivity index (χ0n) is 12.1. The van der Waals surface area contributed by atoms with Gasteiger partial charge in [-0.25, -0.2) is 14.8 Å². The number of hydrogen-bond donors (Lipinski definition) is 2. The number of aromatic carboxylic acids is 1. The molecule has 2 aromatic heterocycles. The van der Waals surface area contributed by atoms with Gasteiger partial charge < -0.3 is 10.4 Å². The van der Waals surface area contributed by atoms with E-state index in [1.807, 2.05) is 0 Å². The van der Waals surface area contributed by atoms with Crippen molar-refractivity contribution in [1.29, 1.82) is 0 Å². The summed E-state index contributed by atoms with van der Waals surface area (Å²) >= 11 is 6.98. The molecule has 0 aliphatic heterocycles. The number of aromatic nitrogens is 2. The van der Waals surface area contributed by atoms with Crippen LogP contribution < -0.4 is 5.32 Å². The minimum absolute atomic E-state index is 0.0200. The molecule has 0 bridgehead atoms. The normalized spacial score (nSPS) is 10.4. The summed E-state index contributed by atoms with van der Waals surface area (Å²) in [6, 6.07) is 8.39. The third kappa shape index (κ3) is 3.27. The van der Waals surface area contributed by atoms with Crippen LogP contribution in [-0.2, 0) is 0 Å². The van der Waals surface area contributed by atoms with Gasteiger partial charge in [-0.05, 0) is 23.8 Å². The number of nitrogens with one attached hydrogen (secondary N) is 1. The molecule has 0 aliphatic rings. The van der Waals surface area contributed by atoms with Crippen molar-refractivity contribution < 1.29 is 14.7 Å². The molecule has 0 saturated carbocycles. The van der Waals surface area contributed by atoms with Gasteiger partial charge in [-0.3, -0.25) is 4.79 Å². The minimum atomic E-state index is -1.13. The average Bonchev–Trinajstić information content (AvgIpc) is 3.00. The maximum absolute atomic E-state index is 12.1. The third-order valence-electron chi connectivity index (χ3n) is 3.16. The Kier molecular flexibility index (Phi) is 4.54. The lowest BCUT2D eigenvalue weighted by atomic mass is 10.0. The number of halogens is 1. The molecule has 0 saturated heterocycles. The highest BCUT2D eigenvalue weighted by molar-refractivity contribution is 7.15. The van der Waals surface area contributed by atoms with Gasteiger partial charge in [0.05, 0.1) is 0 Å². The summed E-state index contributed by atoms with van der Waals surface area (Å²) in [5.41, 5.74) is 1.23. The van der Waals surface area contributed by atoms with Gasteiger partial charge in [0, 0.05) is 28.4 Å². The zero-order valence-corrected chi connectivity index (χ0v) is 13.6. The summed E-state index contributed by atoms with van der Waals surface area (Å²) in [7, 11) is 0. The number of carboxylic acids is 1. The monoisotopic (exact) mass is 359 g/mol. The molecule has 120 valence electrons. The summed E-state index contributed by atoms with van der Waals surface area (Å²) in [5.74, 6) is -1.73. The van der Waals surface area contributed by atoms with E-state index in [0.29, 0.717) is 16.1 Å². The second-order valence-corrected chi connectivity index (χ2v) is 6.01. The van der Waals surface area contributed by atoms with Crippen LogP contribution in [0.2, 0.25) is 5.02 Å². The highest BCUT2D eigenvalue weighted by atomic mass is 35.5. The van der Waals surface area contributed by atoms with E-state index in [1.165, 1.54) is 12.4 Å². The van der Waals surface area contributed by atoms with E-state index < -0.39 is 11.9 Å². The van der Waals surface area contributed by atoms with Gasteiger partial charge in [0.15, 0.2) is 0 Å². The van der Waals surface area contributed by atoms with Crippen molar-refractivity contribution in [2.24, 2.45) is 0 Å². The molecule has 0 atom stereocenters. The van der Waals surface area contributed by atoms with Crippen molar-refractivity contribution in [3.63, 3.8) is 0 Å². The van der Waals surface area contributed by atoms with E-state index >= 15 is 0 Å². The highest BCUT2D eigenvalue weighted by Gasteiger charge is 2.22. The molecule has 1 aromatic carbocycles. The molecular formula is C16H10ClN3O3S. The number of rotatable bonds is 4. The van der Waals surface area contributed by atoms with Crippen LogP contribution in [0.4, 0.5) is 5.00 Å². The number of benzene rings is 1. The number of nitrogens with zero attached hydrogens (tertiary/aromatic N) is 2. The first-order chi connectivity index (χ1) is 11.6. The first-order valence-corrected chi connectivity index (χ1v) is 8.01. The predicted molar refractivity (Wildman–Crippen MR) is 91.7 cm³/mol. The fourth-order valence-electron chi connectivity index (χ4n) is 2.08. The van der Waals surface area contributed by atoms with E-state index in [0.717, 1.165) is 11.3 Å². The Morgan fingerprint density at radius 1 is 1.12 bits per heavy atom. The topological polar surface area (TPSA) is 92.2 Å². The second-order valence-electron chi connectivity index (χ2n) is 4.69. The Bertz CT molecular complexity index is 895. The van der Waals surface area contributed by atoms with Crippen molar-refractivity contribution in [1.82, 2.24) is 9.97 Å². The Hall–Kier alpha value is -2.77. The van der Waals surface area contributed by atoms with Crippen LogP contribution in [0, 0.1) is 0 Å². The van der Waals surface area contributed by atoms with Crippen LogP contribution in [0.5, 0.6) is 0 Å². The lowest BCUT2D eigenvalue weighted by Gasteiger charge is -2.05. The van der Waals surface area contributed by atoms with E-state index in [9.17, 15) is 14.7 Å². The first kappa shape index (κ1) is 16.1. The van der Waals surface area contributed by atoms with Gasteiger partial charge in [0.1, 0.15) is 10.6 Å². The number of hydrogen-bond acceptors (Lipinski definition) is 5. The van der Waals surface area contributed by atoms with Crippen molar-refractivity contribution in [3.05, 3.63) is 64.5 Å². The van der Waals surface area contributed by atoms with Crippen molar-refractivity contribution in [2.45, 2.75) is 0 Å². The second kappa shape index (κ2) is 6.77. The van der Waals surface area contributed by atoms with Gasteiger partial charge in [-0.1, -0.05) is 23.7 Å². The largest absolute Gasteiger partial charge is 0.478 e. The maximum atomic E-state index is 12.1. The van der Waals surface area contributed by atoms with E-state index in [2.05, 4.69) is 15.3 Å². The molecule has 1 amide bonds. The minimum Gasteiger partial charge on any atom is -0.478 e. The van der Waals surface area contributed by atoms with Gasteiger partial charge in [0.25, 0.3) is 5.91 Å². The summed E-state index contributed by atoms with van der Waals surface area (Å²) in [6.07, 6.45) is 2.88. The lowest BCUT2D eigenvalue weighted by molar-refractivity contribution is 0.0699. The molecule has 0 radical (unpaired) electrons. The molecule has 24 heavy (non-hydrogen) atoms. The number of thiophene rings is 1. The summed E-state index contributed by atoms with van der Waals surface area (Å²) in [6.45, 7) is 0. The molecule has 3 rings (SSSR count). The standard InChI is InChI=1S/C16H10ClN3O3S/c17-10-4-2-9(3-5-10)11-8-24-15(12(11)16(22)23)20-14(21)13-18-6-1-7-19-13/h1-8H,(H,20,21)(H,22,23). The summed E-state index contributed by atoms with van der Waals surface area (Å²) in [4.78, 5) is 31.5. The lowest BCUT2D eigenvalue weighted by Crippen LogP contribution is -2.16. The van der Waals surface area contributed by atoms with E-state index in [4.69, 9.17) is 11.6 Å². The molecule has 2 heterocycles. The van der Waals surface area contributed by atoms with Crippen LogP contribution in [0.15, 0.2) is 48.1 Å². The Labute approximate surface area is 145 Å². The zero-order chi connectivity index (χ0) is 17.1. The van der Waals surface area contributed by atoms with Gasteiger partial charge >= 0.3 is 5.97 Å². The quantitative estimate of drug-likeness (QED) is 0.739. The van der Waals surface area contributed by atoms with Crippen LogP contribution in [0.3, 0.4) is 0 Å². The molecule has 2 N–H and O–H groups in total. The Morgan fingerprint density at radius 2 is 1.79 bits per heavy atom. The molecule has 0 aliphatic carbocycles. The van der Waals surface area contributed by atoms with Crippen molar-refractivity contribution in [3.8, 4) is 11.1 Å². The smallest absolute Gasteiger partial charge is 0.339 e. The number of carbonyl (C=O) groups is 2. The van der Waals surface area contributed by atoms with Crippen molar-refractivity contribution in [2.75, 3.05) is 5.32 Å². The molecular weight excluding hydrogens is 350 g/mol. The molecule has 3 aromatic rings. The average molecular weight is 360 g/mol. The van der Waals surface area contributed by atoms with Gasteiger partial charge in [-0.15, -0.1) is 11.3 Å². The predicted octanol–water partition coefficient (Wildman–Crippen LogP) is 3.81. The SMILES string of the molecule is O=C(Nc1scc(-c2ccc(Cl)cc2)c1C(=O)O)c1ncccn1. The molecule has 8 heteroatoms. The van der Waals surface area contributed by atoms with E-state index in [-0.39, 0.29) is 16.4 Å². The Balaban J connectivity index is 1.96. The fraction of sp³-hybridized carbons (Fsp3) is 0. The fourth-order valence-corrected chi connectivity index (χ4v) is 3.16.